The number of aromatic nitrogens is 5. The monoisotopic (exact) mass is 492 g/mol. The van der Waals surface area contributed by atoms with E-state index in [2.05, 4.69) is 64.4 Å². The van der Waals surface area contributed by atoms with Gasteiger partial charge in [0.05, 0.1) is 18.7 Å². The highest BCUT2D eigenvalue weighted by atomic mass is 16.5. The van der Waals surface area contributed by atoms with Gasteiger partial charge in [-0.2, -0.15) is 0 Å². The molecule has 8 heteroatoms. The molecule has 0 bridgehead atoms. The van der Waals surface area contributed by atoms with Crippen LogP contribution in [0.25, 0.3) is 10.9 Å². The quantitative estimate of drug-likeness (QED) is 0.453. The van der Waals surface area contributed by atoms with Crippen LogP contribution in [0.3, 0.4) is 0 Å². The second-order valence-electron chi connectivity index (χ2n) is 10.8. The lowest BCUT2D eigenvalue weighted by atomic mass is 9.91. The number of rotatable bonds is 9. The van der Waals surface area contributed by atoms with Gasteiger partial charge in [0, 0.05) is 35.7 Å². The van der Waals surface area contributed by atoms with E-state index < -0.39 is 0 Å². The van der Waals surface area contributed by atoms with E-state index in [1.165, 1.54) is 24.8 Å². The van der Waals surface area contributed by atoms with Crippen molar-refractivity contribution < 1.29 is 4.74 Å². The lowest BCUT2D eigenvalue weighted by Crippen LogP contribution is -2.41. The van der Waals surface area contributed by atoms with Gasteiger partial charge >= 0.3 is 0 Å². The Morgan fingerprint density at radius 3 is 2.72 bits per heavy atom. The highest BCUT2D eigenvalue weighted by Gasteiger charge is 2.33. The third-order valence-corrected chi connectivity index (χ3v) is 8.01. The molecule has 5 rings (SSSR count). The number of tetrazole rings is 1. The van der Waals surface area contributed by atoms with E-state index in [9.17, 15) is 4.79 Å². The fourth-order valence-electron chi connectivity index (χ4n) is 6.21. The molecule has 2 atom stereocenters. The molecule has 1 aliphatic carbocycles. The molecule has 0 spiro atoms. The maximum atomic E-state index is 13.3. The normalized spacial score (nSPS) is 19.9. The van der Waals surface area contributed by atoms with Gasteiger partial charge in [-0.1, -0.05) is 38.7 Å². The van der Waals surface area contributed by atoms with Gasteiger partial charge in [0.1, 0.15) is 0 Å². The maximum absolute atomic E-state index is 13.3. The minimum Gasteiger partial charge on any atom is -0.376 e. The molecule has 3 heterocycles. The van der Waals surface area contributed by atoms with Gasteiger partial charge in [0.25, 0.3) is 5.56 Å². The van der Waals surface area contributed by atoms with Crippen LogP contribution in [0.5, 0.6) is 0 Å². The summed E-state index contributed by atoms with van der Waals surface area (Å²) in [6, 6.07) is 6.83. The number of pyridine rings is 1. The Balaban J connectivity index is 1.52. The van der Waals surface area contributed by atoms with Crippen molar-refractivity contribution in [2.75, 3.05) is 6.61 Å². The molecule has 1 aliphatic heterocycles. The molecule has 2 aromatic heterocycles. The molecule has 8 nitrogen and oxygen atoms in total. The predicted molar refractivity (Wildman–Crippen MR) is 141 cm³/mol. The fraction of sp³-hybridized carbons (Fsp3) is 0.643. The zero-order valence-corrected chi connectivity index (χ0v) is 22.0. The van der Waals surface area contributed by atoms with Gasteiger partial charge in [-0.25, -0.2) is 4.68 Å². The molecular formula is C28H40N6O2. The first-order valence-electron chi connectivity index (χ1n) is 13.8. The van der Waals surface area contributed by atoms with Crippen LogP contribution >= 0.6 is 0 Å². The average Bonchev–Trinajstić information content (AvgIpc) is 3.55. The smallest absolute Gasteiger partial charge is 0.252 e. The van der Waals surface area contributed by atoms with E-state index >= 15 is 0 Å². The number of nitrogens with one attached hydrogen (secondary N) is 1. The number of hydrogen-bond donors (Lipinski definition) is 1. The van der Waals surface area contributed by atoms with Crippen LogP contribution in [0.1, 0.15) is 93.3 Å². The first-order valence-corrected chi connectivity index (χ1v) is 13.8. The molecular weight excluding hydrogens is 452 g/mol. The summed E-state index contributed by atoms with van der Waals surface area (Å²) in [5.74, 6) is 0.905. The summed E-state index contributed by atoms with van der Waals surface area (Å²) < 4.78 is 7.86. The van der Waals surface area contributed by atoms with Crippen molar-refractivity contribution in [2.45, 2.75) is 110 Å². The zero-order valence-electron chi connectivity index (χ0n) is 22.0. The summed E-state index contributed by atoms with van der Waals surface area (Å²) >= 11 is 0. The first-order chi connectivity index (χ1) is 17.5. The van der Waals surface area contributed by atoms with Gasteiger partial charge in [0.2, 0.25) is 0 Å². The van der Waals surface area contributed by atoms with Gasteiger partial charge in [-0.3, -0.25) is 9.69 Å². The van der Waals surface area contributed by atoms with E-state index in [0.717, 1.165) is 73.0 Å². The van der Waals surface area contributed by atoms with Crippen LogP contribution in [0.2, 0.25) is 0 Å². The van der Waals surface area contributed by atoms with Crippen LogP contribution < -0.4 is 5.56 Å². The van der Waals surface area contributed by atoms with Crippen molar-refractivity contribution in [1.82, 2.24) is 30.1 Å². The summed E-state index contributed by atoms with van der Waals surface area (Å²) in [4.78, 5) is 19.0. The minimum atomic E-state index is 0.00232. The number of H-pyrrole nitrogens is 1. The second kappa shape index (κ2) is 11.2. The van der Waals surface area contributed by atoms with E-state index in [0.29, 0.717) is 19.1 Å². The molecule has 194 valence electrons. The molecule has 2 unspecified atom stereocenters. The zero-order chi connectivity index (χ0) is 25.1. The van der Waals surface area contributed by atoms with Gasteiger partial charge in [-0.05, 0) is 79.6 Å². The van der Waals surface area contributed by atoms with Crippen molar-refractivity contribution in [3.05, 3.63) is 51.1 Å². The summed E-state index contributed by atoms with van der Waals surface area (Å²) in [5, 5.41) is 14.1. The van der Waals surface area contributed by atoms with E-state index in [-0.39, 0.29) is 17.7 Å². The molecule has 2 fully saturated rings. The standard InChI is InChI=1S/C28H40N6O2/c1-4-9-26(27-30-31-32-34(27)18-23-12-8-13-36-23)33(22-10-6-5-7-11-22)17-21-16-24-20(3)14-19(2)15-25(24)29-28(21)35/h14-16,22-23,26H,4-13,17-18H2,1-3H3,(H,29,35). The summed E-state index contributed by atoms with van der Waals surface area (Å²) in [7, 11) is 0. The van der Waals surface area contributed by atoms with E-state index in [1.807, 2.05) is 4.68 Å². The van der Waals surface area contributed by atoms with Crippen molar-refractivity contribution in [3.8, 4) is 0 Å². The average molecular weight is 493 g/mol. The number of nitrogens with zero attached hydrogens (tertiary/aromatic N) is 5. The lowest BCUT2D eigenvalue weighted by molar-refractivity contribution is 0.0713. The Morgan fingerprint density at radius 1 is 1.14 bits per heavy atom. The molecule has 0 radical (unpaired) electrons. The molecule has 1 saturated heterocycles. The summed E-state index contributed by atoms with van der Waals surface area (Å²) in [5.41, 5.74) is 4.09. The van der Waals surface area contributed by atoms with Crippen LogP contribution in [0.15, 0.2) is 23.0 Å². The van der Waals surface area contributed by atoms with Gasteiger partial charge < -0.3 is 9.72 Å². The molecule has 1 aromatic carbocycles. The summed E-state index contributed by atoms with van der Waals surface area (Å²) in [6.45, 7) is 8.51. The second-order valence-corrected chi connectivity index (χ2v) is 10.8. The highest BCUT2D eigenvalue weighted by Crippen LogP contribution is 2.34. The van der Waals surface area contributed by atoms with E-state index in [4.69, 9.17) is 4.74 Å². The maximum Gasteiger partial charge on any atom is 0.252 e. The minimum absolute atomic E-state index is 0.00232. The Bertz CT molecular complexity index is 1220. The Labute approximate surface area is 213 Å². The van der Waals surface area contributed by atoms with Crippen molar-refractivity contribution >= 4 is 10.9 Å². The number of ether oxygens (including phenoxy) is 1. The van der Waals surface area contributed by atoms with Crippen LogP contribution in [-0.2, 0) is 17.8 Å². The number of hydrogen-bond acceptors (Lipinski definition) is 6. The fourth-order valence-corrected chi connectivity index (χ4v) is 6.21. The number of fused-ring (bicyclic) bond motifs is 1. The van der Waals surface area contributed by atoms with Crippen LogP contribution in [0, 0.1) is 13.8 Å². The Morgan fingerprint density at radius 2 is 1.97 bits per heavy atom. The molecule has 0 amide bonds. The molecule has 1 N–H and O–H groups in total. The third kappa shape index (κ3) is 5.39. The number of aryl methyl sites for hydroxylation is 2. The van der Waals surface area contributed by atoms with E-state index in [1.54, 1.807) is 0 Å². The Kier molecular flexibility index (Phi) is 7.82. The number of benzene rings is 1. The predicted octanol–water partition coefficient (Wildman–Crippen LogP) is 4.99. The Hall–Kier alpha value is -2.58. The largest absolute Gasteiger partial charge is 0.376 e. The third-order valence-electron chi connectivity index (χ3n) is 8.01. The van der Waals surface area contributed by atoms with Crippen molar-refractivity contribution in [2.24, 2.45) is 0 Å². The number of aromatic amines is 1. The summed E-state index contributed by atoms with van der Waals surface area (Å²) in [6.07, 6.45) is 10.3. The van der Waals surface area contributed by atoms with Crippen LogP contribution in [0.4, 0.5) is 0 Å². The highest BCUT2D eigenvalue weighted by molar-refractivity contribution is 5.83. The first kappa shape index (κ1) is 25.1. The van der Waals surface area contributed by atoms with Crippen LogP contribution in [-0.4, -0.2) is 48.8 Å². The van der Waals surface area contributed by atoms with Crippen molar-refractivity contribution in [1.29, 1.82) is 0 Å². The topological polar surface area (TPSA) is 88.9 Å². The molecule has 36 heavy (non-hydrogen) atoms. The molecule has 3 aromatic rings. The van der Waals surface area contributed by atoms with Gasteiger partial charge in [-0.15, -0.1) is 5.10 Å². The van der Waals surface area contributed by atoms with Gasteiger partial charge in [0.15, 0.2) is 5.82 Å². The molecule has 2 aliphatic rings. The lowest BCUT2D eigenvalue weighted by Gasteiger charge is -2.39. The van der Waals surface area contributed by atoms with Crippen molar-refractivity contribution in [3.63, 3.8) is 0 Å². The molecule has 1 saturated carbocycles. The SMILES string of the molecule is CCCC(c1nnnn1CC1CCCO1)N(Cc1cc2c(C)cc(C)cc2[nH]c1=O)C1CCCCC1.